The minimum absolute atomic E-state index is 0. The van der Waals surface area contributed by atoms with Crippen LogP contribution in [0.1, 0.15) is 11.1 Å². The fourth-order valence-corrected chi connectivity index (χ4v) is 6.89. The van der Waals surface area contributed by atoms with Gasteiger partial charge in [0.15, 0.2) is 0 Å². The van der Waals surface area contributed by atoms with Crippen molar-refractivity contribution in [1.82, 2.24) is 0 Å². The Kier molecular flexibility index (Phi) is 7.80. The molecule has 0 aromatic heterocycles. The number of hydrogen-bond donors (Lipinski definition) is 2. The molecule has 0 saturated heterocycles. The molecular formula is C20H21N2NaO4S2. The van der Waals surface area contributed by atoms with Crippen LogP contribution < -0.4 is 11.5 Å². The van der Waals surface area contributed by atoms with E-state index in [9.17, 15) is 16.8 Å². The molecule has 148 valence electrons. The molecule has 0 fully saturated rings. The predicted molar refractivity (Wildman–Crippen MR) is 113 cm³/mol. The predicted octanol–water partition coefficient (Wildman–Crippen LogP) is 1.62. The van der Waals surface area contributed by atoms with Crippen LogP contribution in [0.4, 0.5) is 0 Å². The van der Waals surface area contributed by atoms with Crippen molar-refractivity contribution in [2.24, 2.45) is 11.5 Å². The molecule has 29 heavy (non-hydrogen) atoms. The van der Waals surface area contributed by atoms with Gasteiger partial charge >= 0.3 is 29.6 Å². The summed E-state index contributed by atoms with van der Waals surface area (Å²) in [5.41, 5.74) is 12.0. The van der Waals surface area contributed by atoms with Gasteiger partial charge in [-0.3, -0.25) is 0 Å². The van der Waals surface area contributed by atoms with Crippen molar-refractivity contribution in [1.29, 1.82) is 0 Å². The Morgan fingerprint density at radius 1 is 0.552 bits per heavy atom. The van der Waals surface area contributed by atoms with Crippen LogP contribution in [-0.4, -0.2) is 46.4 Å². The molecule has 0 heterocycles. The van der Waals surface area contributed by atoms with Gasteiger partial charge in [0, 0.05) is 13.1 Å². The maximum atomic E-state index is 13.4. The van der Waals surface area contributed by atoms with Gasteiger partial charge in [-0.05, 0) is 35.4 Å². The van der Waals surface area contributed by atoms with Gasteiger partial charge in [-0.25, -0.2) is 16.8 Å². The zero-order chi connectivity index (χ0) is 20.4. The Morgan fingerprint density at radius 2 is 0.862 bits per heavy atom. The third-order valence-corrected chi connectivity index (χ3v) is 8.28. The van der Waals surface area contributed by atoms with E-state index in [1.807, 2.05) is 0 Å². The van der Waals surface area contributed by atoms with Crippen molar-refractivity contribution in [2.45, 2.75) is 32.7 Å². The average Bonchev–Trinajstić information content (AvgIpc) is 2.73. The van der Waals surface area contributed by atoms with Gasteiger partial charge in [-0.1, -0.05) is 48.5 Å². The first-order chi connectivity index (χ1) is 13.3. The molecule has 0 saturated carbocycles. The number of benzene rings is 3. The van der Waals surface area contributed by atoms with E-state index in [-0.39, 0.29) is 73.4 Å². The Morgan fingerprint density at radius 3 is 1.14 bits per heavy atom. The van der Waals surface area contributed by atoms with Crippen LogP contribution in [0.5, 0.6) is 0 Å². The first-order valence-electron chi connectivity index (χ1n) is 8.49. The monoisotopic (exact) mass is 440 g/mol. The molecule has 0 atom stereocenters. The van der Waals surface area contributed by atoms with Crippen LogP contribution in [0.15, 0.2) is 92.4 Å². The Labute approximate surface area is 193 Å². The summed E-state index contributed by atoms with van der Waals surface area (Å²) in [7, 11) is -8.30. The van der Waals surface area contributed by atoms with Crippen LogP contribution in [0.25, 0.3) is 0 Å². The van der Waals surface area contributed by atoms with Crippen LogP contribution in [0.2, 0.25) is 0 Å². The first-order valence-corrected chi connectivity index (χ1v) is 11.5. The maximum absolute atomic E-state index is 13.4. The van der Waals surface area contributed by atoms with Crippen molar-refractivity contribution in [3.8, 4) is 0 Å². The number of hydrogen-bond acceptors (Lipinski definition) is 6. The van der Waals surface area contributed by atoms with E-state index in [2.05, 4.69) is 0 Å². The molecule has 0 aliphatic rings. The molecule has 3 aromatic rings. The Balaban J connectivity index is 0.00000300. The summed E-state index contributed by atoms with van der Waals surface area (Å²) in [4.78, 5) is -0.646. The van der Waals surface area contributed by atoms with Gasteiger partial charge < -0.3 is 11.5 Å². The van der Waals surface area contributed by atoms with Gasteiger partial charge in [0.25, 0.3) is 0 Å². The normalized spacial score (nSPS) is 11.7. The van der Waals surface area contributed by atoms with E-state index in [1.165, 1.54) is 36.4 Å². The summed E-state index contributed by atoms with van der Waals surface area (Å²) in [5, 5.41) is 0. The van der Waals surface area contributed by atoms with Crippen LogP contribution in [0.3, 0.4) is 0 Å². The molecule has 0 unspecified atom stereocenters. The van der Waals surface area contributed by atoms with Gasteiger partial charge in [-0.15, -0.1) is 0 Å². The second kappa shape index (κ2) is 9.53. The number of nitrogens with two attached hydrogens (primary N) is 2. The zero-order valence-electron chi connectivity index (χ0n) is 14.9. The summed E-state index contributed by atoms with van der Waals surface area (Å²) < 4.78 is 53.7. The topological polar surface area (TPSA) is 120 Å². The molecule has 0 spiro atoms. The molecule has 3 rings (SSSR count). The van der Waals surface area contributed by atoms with Gasteiger partial charge in [0.05, 0.1) is 19.6 Å². The van der Waals surface area contributed by atoms with Crippen molar-refractivity contribution >= 4 is 49.2 Å². The van der Waals surface area contributed by atoms with E-state index in [4.69, 9.17) is 11.5 Å². The third-order valence-electron chi connectivity index (χ3n) is 4.36. The van der Waals surface area contributed by atoms with E-state index in [0.717, 1.165) is 0 Å². The third kappa shape index (κ3) is 4.49. The van der Waals surface area contributed by atoms with Crippen molar-refractivity contribution < 1.29 is 16.8 Å². The van der Waals surface area contributed by atoms with Gasteiger partial charge in [0.2, 0.25) is 19.7 Å². The average molecular weight is 441 g/mol. The van der Waals surface area contributed by atoms with E-state index in [0.29, 0.717) is 0 Å². The Bertz CT molecular complexity index is 1100. The molecule has 0 radical (unpaired) electrons. The molecule has 0 amide bonds. The molecule has 0 aliphatic carbocycles. The quantitative estimate of drug-likeness (QED) is 0.562. The van der Waals surface area contributed by atoms with Gasteiger partial charge in [0.1, 0.15) is 0 Å². The molecular weight excluding hydrogens is 419 g/mol. The summed E-state index contributed by atoms with van der Waals surface area (Å²) >= 11 is 0. The first kappa shape index (κ1) is 23.8. The molecule has 0 aliphatic heterocycles. The van der Waals surface area contributed by atoms with Crippen LogP contribution in [0, 0.1) is 0 Å². The SMILES string of the molecule is NCc1ccc(CN)c(S(=O)(=O)c2ccccc2)c1S(=O)(=O)c1ccccc1.[NaH]. The van der Waals surface area contributed by atoms with Crippen LogP contribution in [-0.2, 0) is 32.8 Å². The molecule has 4 N–H and O–H groups in total. The number of sulfone groups is 2. The Hall–Kier alpha value is -1.52. The van der Waals surface area contributed by atoms with E-state index in [1.54, 1.807) is 36.4 Å². The summed E-state index contributed by atoms with van der Waals surface area (Å²) in [5.74, 6) is 0. The summed E-state index contributed by atoms with van der Waals surface area (Å²) in [6.07, 6.45) is 0. The standard InChI is InChI=1S/C20H20N2O4S2.Na.H/c21-13-15-11-12-16(14-22)20(28(25,26)18-9-5-2-6-10-18)19(15)27(23,24)17-7-3-1-4-8-17;;/h1-12H,13-14,21-22H2;;. The summed E-state index contributed by atoms with van der Waals surface area (Å²) in [6, 6.07) is 18.4. The van der Waals surface area contributed by atoms with Crippen LogP contribution >= 0.6 is 0 Å². The van der Waals surface area contributed by atoms with Gasteiger partial charge in [-0.2, -0.15) is 0 Å². The second-order valence-electron chi connectivity index (χ2n) is 6.08. The van der Waals surface area contributed by atoms with E-state index < -0.39 is 19.7 Å². The van der Waals surface area contributed by atoms with Crippen molar-refractivity contribution in [2.75, 3.05) is 0 Å². The molecule has 9 heteroatoms. The fourth-order valence-electron chi connectivity index (χ4n) is 2.99. The minimum atomic E-state index is -4.15. The second-order valence-corrected chi connectivity index (χ2v) is 9.86. The molecule has 3 aromatic carbocycles. The molecule has 0 bridgehead atoms. The summed E-state index contributed by atoms with van der Waals surface area (Å²) in [6.45, 7) is -0.271. The van der Waals surface area contributed by atoms with Crippen molar-refractivity contribution in [3.05, 3.63) is 83.9 Å². The number of rotatable bonds is 6. The van der Waals surface area contributed by atoms with Crippen molar-refractivity contribution in [3.63, 3.8) is 0 Å². The van der Waals surface area contributed by atoms with E-state index >= 15 is 0 Å². The molecule has 6 nitrogen and oxygen atoms in total. The fraction of sp³-hybridized carbons (Fsp3) is 0.100. The zero-order valence-corrected chi connectivity index (χ0v) is 16.6.